The van der Waals surface area contributed by atoms with Gasteiger partial charge in [0.2, 0.25) is 0 Å². The van der Waals surface area contributed by atoms with Crippen LogP contribution in [0.5, 0.6) is 0 Å². The zero-order chi connectivity index (χ0) is 16.8. The quantitative estimate of drug-likeness (QED) is 0.446. The van der Waals surface area contributed by atoms with E-state index in [1.165, 1.54) is 10.3 Å². The third-order valence-corrected chi connectivity index (χ3v) is 7.76. The number of halogens is 1. The Morgan fingerprint density at radius 1 is 1.00 bits per heavy atom. The minimum atomic E-state index is -0.111. The molecule has 0 spiro atoms. The topological polar surface area (TPSA) is 0 Å². The highest BCUT2D eigenvalue weighted by molar-refractivity contribution is 7.99. The molecule has 0 fully saturated rings. The van der Waals surface area contributed by atoms with E-state index in [1.807, 2.05) is 30.0 Å². The van der Waals surface area contributed by atoms with Crippen molar-refractivity contribution in [2.45, 2.75) is 39.5 Å². The number of hydrogen-bond acceptors (Lipinski definition) is 2. The number of rotatable bonds is 3. The number of thiophene rings is 1. The molecule has 122 valence electrons. The molecule has 0 unspecified atom stereocenters. The first-order chi connectivity index (χ1) is 10.7. The van der Waals surface area contributed by atoms with Gasteiger partial charge >= 0.3 is 0 Å². The molecule has 0 nitrogen and oxygen atoms in total. The van der Waals surface area contributed by atoms with Crippen LogP contribution in [0, 0.1) is 16.6 Å². The molecule has 1 heterocycles. The number of thioether (sulfide) groups is 1. The predicted molar refractivity (Wildman–Crippen MR) is 103 cm³/mol. The van der Waals surface area contributed by atoms with Gasteiger partial charge in [-0.2, -0.15) is 0 Å². The Morgan fingerprint density at radius 2 is 1.70 bits per heavy atom. The molecular weight excluding hydrogens is 323 g/mol. The molecule has 23 heavy (non-hydrogen) atoms. The summed E-state index contributed by atoms with van der Waals surface area (Å²) in [6.07, 6.45) is 0. The summed E-state index contributed by atoms with van der Waals surface area (Å²) in [5.74, 6) is 0.905. The highest BCUT2D eigenvalue weighted by atomic mass is 32.2. The summed E-state index contributed by atoms with van der Waals surface area (Å²) in [6, 6.07) is 11.8. The van der Waals surface area contributed by atoms with E-state index >= 15 is 0 Å². The minimum Gasteiger partial charge on any atom is -0.205 e. The molecule has 3 aromatic rings. The molecular formula is C20H23FS2. The van der Waals surface area contributed by atoms with Gasteiger partial charge in [0.05, 0.1) is 4.70 Å². The largest absolute Gasteiger partial charge is 0.205 e. The maximum absolute atomic E-state index is 14.3. The number of benzene rings is 2. The van der Waals surface area contributed by atoms with Gasteiger partial charge in [-0.1, -0.05) is 52.8 Å². The molecule has 0 aliphatic rings. The monoisotopic (exact) mass is 346 g/mol. The van der Waals surface area contributed by atoms with E-state index in [2.05, 4.69) is 46.8 Å². The molecule has 0 aliphatic heterocycles. The van der Waals surface area contributed by atoms with Crippen LogP contribution >= 0.6 is 23.1 Å². The Bertz CT molecular complexity index is 853. The molecule has 0 amide bonds. The summed E-state index contributed by atoms with van der Waals surface area (Å²) < 4.78 is 16.2. The molecule has 3 rings (SSSR count). The van der Waals surface area contributed by atoms with Crippen LogP contribution in [0.2, 0.25) is 0 Å². The Balaban J connectivity index is 2.07. The molecule has 0 atom stereocenters. The van der Waals surface area contributed by atoms with E-state index in [4.69, 9.17) is 0 Å². The van der Waals surface area contributed by atoms with Gasteiger partial charge in [0.15, 0.2) is 0 Å². The summed E-state index contributed by atoms with van der Waals surface area (Å²) >= 11 is 3.40. The Morgan fingerprint density at radius 3 is 2.39 bits per heavy atom. The molecule has 2 aromatic carbocycles. The van der Waals surface area contributed by atoms with Crippen LogP contribution in [0.3, 0.4) is 0 Å². The summed E-state index contributed by atoms with van der Waals surface area (Å²) in [5, 5.41) is 2.25. The lowest BCUT2D eigenvalue weighted by Crippen LogP contribution is -2.31. The molecule has 3 heteroatoms. The number of hydrogen-bond donors (Lipinski definition) is 0. The van der Waals surface area contributed by atoms with Gasteiger partial charge < -0.3 is 0 Å². The van der Waals surface area contributed by atoms with E-state index < -0.39 is 0 Å². The standard InChI is InChI=1S/C20H23FS2/c1-19(2,3)20(4,5)12-22-16-11-10-14(21)18-17(16)13-8-6-7-9-15(13)23-18/h6-11H,12H2,1-5H3. The smallest absolute Gasteiger partial charge is 0.141 e. The van der Waals surface area contributed by atoms with Gasteiger partial charge in [0.25, 0.3) is 0 Å². The van der Waals surface area contributed by atoms with Crippen molar-refractivity contribution in [3.8, 4) is 0 Å². The first kappa shape index (κ1) is 16.8. The van der Waals surface area contributed by atoms with Crippen LogP contribution in [0.15, 0.2) is 41.3 Å². The predicted octanol–water partition coefficient (Wildman–Crippen LogP) is 7.36. The van der Waals surface area contributed by atoms with Crippen molar-refractivity contribution >= 4 is 43.3 Å². The van der Waals surface area contributed by atoms with Crippen molar-refractivity contribution in [1.29, 1.82) is 0 Å². The van der Waals surface area contributed by atoms with Crippen LogP contribution in [0.4, 0.5) is 4.39 Å². The van der Waals surface area contributed by atoms with Crippen LogP contribution in [-0.4, -0.2) is 5.75 Å². The van der Waals surface area contributed by atoms with Gasteiger partial charge in [-0.3, -0.25) is 0 Å². The van der Waals surface area contributed by atoms with Gasteiger partial charge in [-0.15, -0.1) is 23.1 Å². The fourth-order valence-electron chi connectivity index (χ4n) is 2.36. The molecule has 0 radical (unpaired) electrons. The highest BCUT2D eigenvalue weighted by Crippen LogP contribution is 2.45. The summed E-state index contributed by atoms with van der Waals surface area (Å²) in [7, 11) is 0. The van der Waals surface area contributed by atoms with Crippen molar-refractivity contribution in [3.63, 3.8) is 0 Å². The second-order valence-electron chi connectivity index (χ2n) is 7.77. The number of fused-ring (bicyclic) bond motifs is 3. The zero-order valence-electron chi connectivity index (χ0n) is 14.4. The molecule has 0 saturated carbocycles. The second kappa shape index (κ2) is 5.78. The van der Waals surface area contributed by atoms with E-state index in [-0.39, 0.29) is 16.6 Å². The maximum atomic E-state index is 14.3. The van der Waals surface area contributed by atoms with Crippen molar-refractivity contribution < 1.29 is 4.39 Å². The minimum absolute atomic E-state index is 0.111. The van der Waals surface area contributed by atoms with Crippen LogP contribution in [-0.2, 0) is 0 Å². The van der Waals surface area contributed by atoms with Crippen LogP contribution < -0.4 is 0 Å². The molecule has 0 saturated heterocycles. The second-order valence-corrected chi connectivity index (χ2v) is 9.84. The molecule has 0 aliphatic carbocycles. The average molecular weight is 347 g/mol. The van der Waals surface area contributed by atoms with Crippen molar-refractivity contribution in [3.05, 3.63) is 42.2 Å². The van der Waals surface area contributed by atoms with Gasteiger partial charge in [0, 0.05) is 26.1 Å². The normalized spacial score (nSPS) is 13.1. The molecule has 0 bridgehead atoms. The SMILES string of the molecule is CC(C)(C)C(C)(C)CSc1ccc(F)c2sc3ccccc3c12. The first-order valence-electron chi connectivity index (χ1n) is 7.93. The van der Waals surface area contributed by atoms with Crippen molar-refractivity contribution in [2.75, 3.05) is 5.75 Å². The van der Waals surface area contributed by atoms with E-state index in [0.717, 1.165) is 20.5 Å². The molecule has 1 aromatic heterocycles. The fourth-order valence-corrected chi connectivity index (χ4v) is 5.03. The van der Waals surface area contributed by atoms with E-state index in [1.54, 1.807) is 17.4 Å². The van der Waals surface area contributed by atoms with E-state index in [0.29, 0.717) is 0 Å². The average Bonchev–Trinajstić information content (AvgIpc) is 2.86. The van der Waals surface area contributed by atoms with Gasteiger partial charge in [-0.05, 0) is 29.0 Å². The third-order valence-electron chi connectivity index (χ3n) is 5.06. The Labute approximate surface area is 146 Å². The summed E-state index contributed by atoms with van der Waals surface area (Å²) in [5.41, 5.74) is 0.431. The fraction of sp³-hybridized carbons (Fsp3) is 0.400. The lowest BCUT2D eigenvalue weighted by Gasteiger charge is -2.38. The third kappa shape index (κ3) is 3.01. The highest BCUT2D eigenvalue weighted by Gasteiger charge is 2.32. The first-order valence-corrected chi connectivity index (χ1v) is 9.73. The lowest BCUT2D eigenvalue weighted by atomic mass is 9.71. The van der Waals surface area contributed by atoms with Crippen LogP contribution in [0.1, 0.15) is 34.6 Å². The maximum Gasteiger partial charge on any atom is 0.141 e. The summed E-state index contributed by atoms with van der Waals surface area (Å²) in [6.45, 7) is 11.5. The van der Waals surface area contributed by atoms with Crippen LogP contribution in [0.25, 0.3) is 20.2 Å². The van der Waals surface area contributed by atoms with E-state index in [9.17, 15) is 4.39 Å². The summed E-state index contributed by atoms with van der Waals surface area (Å²) in [4.78, 5) is 1.19. The zero-order valence-corrected chi connectivity index (χ0v) is 16.0. The Kier molecular flexibility index (Phi) is 4.22. The lowest BCUT2D eigenvalue weighted by molar-refractivity contribution is 0.162. The van der Waals surface area contributed by atoms with Crippen molar-refractivity contribution in [2.24, 2.45) is 10.8 Å². The van der Waals surface area contributed by atoms with Gasteiger partial charge in [0.1, 0.15) is 5.82 Å². The van der Waals surface area contributed by atoms with Gasteiger partial charge in [-0.25, -0.2) is 4.39 Å². The molecule has 0 N–H and O–H groups in total. The van der Waals surface area contributed by atoms with Crippen molar-refractivity contribution in [1.82, 2.24) is 0 Å². The Hall–Kier alpha value is -1.06.